The second-order valence-electron chi connectivity index (χ2n) is 3.92. The maximum atomic E-state index is 13.5. The molecule has 0 radical (unpaired) electrons. The van der Waals surface area contributed by atoms with Crippen LogP contribution in [-0.2, 0) is 6.42 Å². The first-order valence-electron chi connectivity index (χ1n) is 5.73. The average Bonchev–Trinajstić information content (AvgIpc) is 2.81. The summed E-state index contributed by atoms with van der Waals surface area (Å²) >= 11 is 0.981. The lowest BCUT2D eigenvalue weighted by Crippen LogP contribution is -2.13. The first-order valence-corrected chi connectivity index (χ1v) is 6.50. The number of nitrogens with one attached hydrogen (secondary N) is 1. The Kier molecular flexibility index (Phi) is 4.06. The van der Waals surface area contributed by atoms with Crippen LogP contribution < -0.4 is 5.32 Å². The molecule has 2 N–H and O–H groups in total. The van der Waals surface area contributed by atoms with Gasteiger partial charge in [0.05, 0.1) is 11.4 Å². The fourth-order valence-corrected chi connectivity index (χ4v) is 2.17. The normalized spacial score (nSPS) is 10.4. The molecule has 1 aromatic carbocycles. The van der Waals surface area contributed by atoms with Crippen molar-refractivity contribution in [1.29, 1.82) is 0 Å². The molecular formula is C12H12FN3O2S. The van der Waals surface area contributed by atoms with Crippen LogP contribution >= 0.6 is 11.5 Å². The Labute approximate surface area is 113 Å². The van der Waals surface area contributed by atoms with Gasteiger partial charge in [-0.1, -0.05) is 17.8 Å². The number of amides is 1. The van der Waals surface area contributed by atoms with E-state index < -0.39 is 11.7 Å². The lowest BCUT2D eigenvalue weighted by Gasteiger charge is -2.05. The lowest BCUT2D eigenvalue weighted by molar-refractivity contribution is 0.102. The van der Waals surface area contributed by atoms with Crippen LogP contribution in [-0.4, -0.2) is 20.6 Å². The number of hydrogen-bond acceptors (Lipinski definition) is 5. The van der Waals surface area contributed by atoms with Gasteiger partial charge >= 0.3 is 0 Å². The number of anilines is 1. The molecule has 0 aliphatic heterocycles. The first kappa shape index (κ1) is 13.4. The lowest BCUT2D eigenvalue weighted by atomic mass is 10.2. The van der Waals surface area contributed by atoms with Gasteiger partial charge in [0, 0.05) is 6.07 Å². The van der Waals surface area contributed by atoms with Gasteiger partial charge in [0.15, 0.2) is 0 Å². The molecule has 0 saturated heterocycles. The molecule has 0 saturated carbocycles. The van der Waals surface area contributed by atoms with Crippen molar-refractivity contribution in [2.75, 3.05) is 5.32 Å². The summed E-state index contributed by atoms with van der Waals surface area (Å²) in [7, 11) is 0. The number of hydrogen-bond donors (Lipinski definition) is 2. The molecule has 100 valence electrons. The SMILES string of the molecule is CCCc1nnsc1C(=O)Nc1ccc(O)cc1F. The highest BCUT2D eigenvalue weighted by molar-refractivity contribution is 7.08. The Balaban J connectivity index is 2.18. The zero-order valence-electron chi connectivity index (χ0n) is 10.2. The molecule has 0 bridgehead atoms. The van der Waals surface area contributed by atoms with Crippen LogP contribution in [0.3, 0.4) is 0 Å². The van der Waals surface area contributed by atoms with Crippen molar-refractivity contribution < 1.29 is 14.3 Å². The standard InChI is InChI=1S/C12H12FN3O2S/c1-2-3-10-11(19-16-15-10)12(18)14-9-5-4-7(17)6-8(9)13/h4-6,17H,2-3H2,1H3,(H,14,18). The summed E-state index contributed by atoms with van der Waals surface area (Å²) in [5, 5.41) is 15.4. The Morgan fingerprint density at radius 2 is 2.32 bits per heavy atom. The summed E-state index contributed by atoms with van der Waals surface area (Å²) in [4.78, 5) is 12.4. The smallest absolute Gasteiger partial charge is 0.269 e. The van der Waals surface area contributed by atoms with Gasteiger partial charge in [0.25, 0.3) is 5.91 Å². The van der Waals surface area contributed by atoms with Gasteiger partial charge in [-0.05, 0) is 30.1 Å². The molecule has 0 unspecified atom stereocenters. The number of benzene rings is 1. The molecule has 0 aliphatic carbocycles. The molecule has 1 amide bonds. The van der Waals surface area contributed by atoms with Crippen LogP contribution in [0.2, 0.25) is 0 Å². The molecule has 0 atom stereocenters. The van der Waals surface area contributed by atoms with E-state index in [-0.39, 0.29) is 11.4 Å². The van der Waals surface area contributed by atoms with Gasteiger partial charge in [-0.3, -0.25) is 4.79 Å². The number of phenols is 1. The van der Waals surface area contributed by atoms with Crippen LogP contribution in [0.5, 0.6) is 5.75 Å². The minimum Gasteiger partial charge on any atom is -0.508 e. The third kappa shape index (κ3) is 3.05. The molecule has 2 rings (SSSR count). The minimum absolute atomic E-state index is 0.0126. The summed E-state index contributed by atoms with van der Waals surface area (Å²) in [6.07, 6.45) is 1.50. The van der Waals surface area contributed by atoms with E-state index in [1.165, 1.54) is 12.1 Å². The van der Waals surface area contributed by atoms with Crippen molar-refractivity contribution in [1.82, 2.24) is 9.59 Å². The van der Waals surface area contributed by atoms with E-state index >= 15 is 0 Å². The molecule has 5 nitrogen and oxygen atoms in total. The van der Waals surface area contributed by atoms with Crippen molar-refractivity contribution >= 4 is 23.1 Å². The number of nitrogens with zero attached hydrogens (tertiary/aromatic N) is 2. The first-order chi connectivity index (χ1) is 9.11. The van der Waals surface area contributed by atoms with Crippen LogP contribution in [0.1, 0.15) is 28.7 Å². The number of carbonyl (C=O) groups is 1. The van der Waals surface area contributed by atoms with Crippen LogP contribution in [0.25, 0.3) is 0 Å². The quantitative estimate of drug-likeness (QED) is 0.845. The van der Waals surface area contributed by atoms with Gasteiger partial charge < -0.3 is 10.4 Å². The highest BCUT2D eigenvalue weighted by atomic mass is 32.1. The van der Waals surface area contributed by atoms with E-state index in [1.807, 2.05) is 6.92 Å². The van der Waals surface area contributed by atoms with Gasteiger partial charge in [-0.2, -0.15) is 0 Å². The van der Waals surface area contributed by atoms with Gasteiger partial charge in [-0.25, -0.2) is 4.39 Å². The van der Waals surface area contributed by atoms with Crippen LogP contribution in [0, 0.1) is 5.82 Å². The van der Waals surface area contributed by atoms with Crippen LogP contribution in [0.4, 0.5) is 10.1 Å². The Morgan fingerprint density at radius 1 is 1.53 bits per heavy atom. The summed E-state index contributed by atoms with van der Waals surface area (Å²) in [5.41, 5.74) is 0.628. The monoisotopic (exact) mass is 281 g/mol. The zero-order chi connectivity index (χ0) is 13.8. The van der Waals surface area contributed by atoms with Crippen molar-refractivity contribution in [3.05, 3.63) is 34.6 Å². The maximum absolute atomic E-state index is 13.5. The van der Waals surface area contributed by atoms with Gasteiger partial charge in [-0.15, -0.1) is 5.10 Å². The summed E-state index contributed by atoms with van der Waals surface area (Å²) in [6.45, 7) is 1.97. The number of aromatic nitrogens is 2. The van der Waals surface area contributed by atoms with Crippen molar-refractivity contribution in [2.45, 2.75) is 19.8 Å². The molecule has 0 spiro atoms. The largest absolute Gasteiger partial charge is 0.508 e. The summed E-state index contributed by atoms with van der Waals surface area (Å²) in [5.74, 6) is -1.33. The molecule has 19 heavy (non-hydrogen) atoms. The van der Waals surface area contributed by atoms with E-state index in [0.29, 0.717) is 17.0 Å². The molecule has 1 aromatic heterocycles. The second-order valence-corrected chi connectivity index (χ2v) is 4.67. The van der Waals surface area contributed by atoms with Crippen molar-refractivity contribution in [3.8, 4) is 5.75 Å². The number of halogens is 1. The Bertz CT molecular complexity index is 600. The van der Waals surface area contributed by atoms with Crippen LogP contribution in [0.15, 0.2) is 18.2 Å². The highest BCUT2D eigenvalue weighted by Crippen LogP contribution is 2.21. The molecular weight excluding hydrogens is 269 g/mol. The van der Waals surface area contributed by atoms with Gasteiger partial charge in [0.1, 0.15) is 16.4 Å². The minimum atomic E-state index is -0.692. The highest BCUT2D eigenvalue weighted by Gasteiger charge is 2.17. The van der Waals surface area contributed by atoms with Gasteiger partial charge in [0.2, 0.25) is 0 Å². The number of aromatic hydroxyl groups is 1. The fraction of sp³-hybridized carbons (Fsp3) is 0.250. The van der Waals surface area contributed by atoms with E-state index in [1.54, 1.807) is 0 Å². The van der Waals surface area contributed by atoms with Crippen molar-refractivity contribution in [2.24, 2.45) is 0 Å². The number of carbonyl (C=O) groups excluding carboxylic acids is 1. The summed E-state index contributed by atoms with van der Waals surface area (Å²) in [6, 6.07) is 3.54. The predicted molar refractivity (Wildman–Crippen MR) is 69.9 cm³/mol. The summed E-state index contributed by atoms with van der Waals surface area (Å²) < 4.78 is 17.2. The number of rotatable bonds is 4. The third-order valence-corrected chi connectivity index (χ3v) is 3.22. The average molecular weight is 281 g/mol. The Morgan fingerprint density at radius 3 is 3.00 bits per heavy atom. The molecule has 7 heteroatoms. The van der Waals surface area contributed by atoms with E-state index in [2.05, 4.69) is 14.9 Å². The molecule has 1 heterocycles. The number of phenolic OH excluding ortho intramolecular Hbond substituents is 1. The molecule has 2 aromatic rings. The fourth-order valence-electron chi connectivity index (χ4n) is 1.57. The second kappa shape index (κ2) is 5.75. The molecule has 0 aliphatic rings. The third-order valence-electron chi connectivity index (χ3n) is 2.45. The van der Waals surface area contributed by atoms with E-state index in [9.17, 15) is 9.18 Å². The predicted octanol–water partition coefficient (Wildman–Crippen LogP) is 2.59. The topological polar surface area (TPSA) is 75.1 Å². The maximum Gasteiger partial charge on any atom is 0.269 e. The van der Waals surface area contributed by atoms with Crippen molar-refractivity contribution in [3.63, 3.8) is 0 Å². The zero-order valence-corrected chi connectivity index (χ0v) is 11.0. The van der Waals surface area contributed by atoms with E-state index in [0.717, 1.165) is 24.0 Å². The Hall–Kier alpha value is -2.02. The molecule has 0 fully saturated rings. The number of aryl methyl sites for hydroxylation is 1. The van der Waals surface area contributed by atoms with E-state index in [4.69, 9.17) is 5.11 Å².